The summed E-state index contributed by atoms with van der Waals surface area (Å²) in [6, 6.07) is 9.36. The molecule has 0 aliphatic heterocycles. The van der Waals surface area contributed by atoms with Crippen molar-refractivity contribution in [3.8, 4) is 0 Å². The Hall–Kier alpha value is -0.630. The summed E-state index contributed by atoms with van der Waals surface area (Å²) in [7, 11) is 0. The summed E-state index contributed by atoms with van der Waals surface area (Å²) >= 11 is 2.06. The van der Waals surface area contributed by atoms with Crippen LogP contribution in [0.2, 0.25) is 0 Å². The molecule has 0 aliphatic carbocycles. The molecule has 18 heavy (non-hydrogen) atoms. The maximum absolute atomic E-state index is 3.42. The lowest BCUT2D eigenvalue weighted by atomic mass is 10.2. The molecule has 0 aliphatic rings. The third kappa shape index (κ3) is 6.95. The van der Waals surface area contributed by atoms with E-state index in [2.05, 4.69) is 62.1 Å². The van der Waals surface area contributed by atoms with Crippen LogP contribution in [0.3, 0.4) is 0 Å². The van der Waals surface area contributed by atoms with Crippen molar-refractivity contribution in [1.82, 2.24) is 0 Å². The number of hydrogen-bond acceptors (Lipinski definition) is 2. The van der Waals surface area contributed by atoms with Crippen LogP contribution in [0.15, 0.2) is 24.3 Å². The molecule has 2 heteroatoms. The van der Waals surface area contributed by atoms with Crippen LogP contribution in [-0.2, 0) is 5.75 Å². The van der Waals surface area contributed by atoms with Gasteiger partial charge in [0.15, 0.2) is 0 Å². The Morgan fingerprint density at radius 3 is 2.39 bits per heavy atom. The zero-order valence-electron chi connectivity index (χ0n) is 12.0. The molecule has 1 aromatic carbocycles. The third-order valence-corrected chi connectivity index (χ3v) is 3.94. The number of benzene rings is 1. The molecule has 0 saturated heterocycles. The van der Waals surface area contributed by atoms with Gasteiger partial charge in [-0.2, -0.15) is 11.8 Å². The van der Waals surface area contributed by atoms with Crippen LogP contribution >= 0.6 is 11.8 Å². The van der Waals surface area contributed by atoms with Gasteiger partial charge in [0, 0.05) is 17.5 Å². The van der Waals surface area contributed by atoms with E-state index >= 15 is 0 Å². The summed E-state index contributed by atoms with van der Waals surface area (Å²) in [5.41, 5.74) is 2.66. The van der Waals surface area contributed by atoms with Gasteiger partial charge in [-0.15, -0.1) is 0 Å². The lowest BCUT2D eigenvalue weighted by molar-refractivity contribution is 0.706. The predicted molar refractivity (Wildman–Crippen MR) is 85.5 cm³/mol. The van der Waals surface area contributed by atoms with E-state index < -0.39 is 0 Å². The first-order valence-electron chi connectivity index (χ1n) is 7.15. The average Bonchev–Trinajstić information content (AvgIpc) is 2.35. The van der Waals surface area contributed by atoms with E-state index in [4.69, 9.17) is 0 Å². The first-order chi connectivity index (χ1) is 8.72. The molecule has 102 valence electrons. The quantitative estimate of drug-likeness (QED) is 0.606. The van der Waals surface area contributed by atoms with Crippen molar-refractivity contribution in [1.29, 1.82) is 0 Å². The monoisotopic (exact) mass is 265 g/mol. The summed E-state index contributed by atoms with van der Waals surface area (Å²) in [5.74, 6) is 2.44. The fourth-order valence-electron chi connectivity index (χ4n) is 1.85. The van der Waals surface area contributed by atoms with Crippen LogP contribution in [0.5, 0.6) is 0 Å². The highest BCUT2D eigenvalue weighted by Gasteiger charge is 1.97. The van der Waals surface area contributed by atoms with Gasteiger partial charge in [0.1, 0.15) is 0 Å². The van der Waals surface area contributed by atoms with E-state index in [0.717, 1.165) is 5.75 Å². The molecule has 1 N–H and O–H groups in total. The molecular formula is C16H27NS. The standard InChI is InChI=1S/C16H27NS/c1-4-5-6-7-12-18-13-15-8-10-16(11-9-15)17-14(2)3/h8-11,14,17H,4-7,12-13H2,1-3H3. The molecular weight excluding hydrogens is 238 g/mol. The Kier molecular flexibility index (Phi) is 7.99. The molecule has 0 saturated carbocycles. The molecule has 1 nitrogen and oxygen atoms in total. The first-order valence-corrected chi connectivity index (χ1v) is 8.31. The minimum Gasteiger partial charge on any atom is -0.383 e. The Morgan fingerprint density at radius 2 is 1.78 bits per heavy atom. The van der Waals surface area contributed by atoms with Crippen LogP contribution in [0.25, 0.3) is 0 Å². The summed E-state index contributed by atoms with van der Waals surface area (Å²) in [4.78, 5) is 0. The van der Waals surface area contributed by atoms with Gasteiger partial charge in [0.2, 0.25) is 0 Å². The Balaban J connectivity index is 2.18. The van der Waals surface area contributed by atoms with Crippen LogP contribution in [0.4, 0.5) is 5.69 Å². The molecule has 0 unspecified atom stereocenters. The highest BCUT2D eigenvalue weighted by atomic mass is 32.2. The molecule has 0 radical (unpaired) electrons. The van der Waals surface area contributed by atoms with E-state index in [0.29, 0.717) is 6.04 Å². The Labute approximate surface area is 117 Å². The van der Waals surface area contributed by atoms with Gasteiger partial charge >= 0.3 is 0 Å². The van der Waals surface area contributed by atoms with Crippen molar-refractivity contribution in [2.75, 3.05) is 11.1 Å². The lowest BCUT2D eigenvalue weighted by Crippen LogP contribution is -2.09. The average molecular weight is 265 g/mol. The number of hydrogen-bond donors (Lipinski definition) is 1. The largest absolute Gasteiger partial charge is 0.383 e. The van der Waals surface area contributed by atoms with E-state index in [1.54, 1.807) is 0 Å². The number of rotatable bonds is 9. The van der Waals surface area contributed by atoms with Crippen LogP contribution in [0.1, 0.15) is 52.0 Å². The van der Waals surface area contributed by atoms with Gasteiger partial charge < -0.3 is 5.32 Å². The van der Waals surface area contributed by atoms with Crippen LogP contribution in [0, 0.1) is 0 Å². The van der Waals surface area contributed by atoms with E-state index in [9.17, 15) is 0 Å². The van der Waals surface area contributed by atoms with E-state index in [1.165, 1.54) is 42.7 Å². The van der Waals surface area contributed by atoms with Gasteiger partial charge in [-0.05, 0) is 43.7 Å². The normalized spacial score (nSPS) is 10.9. The van der Waals surface area contributed by atoms with Gasteiger partial charge in [-0.3, -0.25) is 0 Å². The Bertz CT molecular complexity index is 305. The molecule has 0 heterocycles. The van der Waals surface area contributed by atoms with Crippen molar-refractivity contribution >= 4 is 17.4 Å². The minimum absolute atomic E-state index is 0.504. The number of anilines is 1. The van der Waals surface area contributed by atoms with Crippen molar-refractivity contribution < 1.29 is 0 Å². The minimum atomic E-state index is 0.504. The van der Waals surface area contributed by atoms with Crippen molar-refractivity contribution in [2.45, 2.75) is 58.2 Å². The topological polar surface area (TPSA) is 12.0 Å². The summed E-state index contributed by atoms with van der Waals surface area (Å²) in [6.45, 7) is 6.60. The highest BCUT2D eigenvalue weighted by molar-refractivity contribution is 7.98. The number of thioether (sulfide) groups is 1. The lowest BCUT2D eigenvalue weighted by Gasteiger charge is -2.10. The zero-order valence-corrected chi connectivity index (χ0v) is 12.9. The highest BCUT2D eigenvalue weighted by Crippen LogP contribution is 2.17. The fourth-order valence-corrected chi connectivity index (χ4v) is 2.83. The summed E-state index contributed by atoms with van der Waals surface area (Å²) in [5, 5.41) is 3.42. The molecule has 1 rings (SSSR count). The molecule has 0 aromatic heterocycles. The van der Waals surface area contributed by atoms with E-state index in [-0.39, 0.29) is 0 Å². The first kappa shape index (κ1) is 15.4. The van der Waals surface area contributed by atoms with Crippen molar-refractivity contribution in [3.63, 3.8) is 0 Å². The van der Waals surface area contributed by atoms with Gasteiger partial charge in [-0.1, -0.05) is 38.3 Å². The SMILES string of the molecule is CCCCCCSCc1ccc(NC(C)C)cc1. The maximum atomic E-state index is 3.42. The maximum Gasteiger partial charge on any atom is 0.0342 e. The predicted octanol–water partition coefficient (Wildman–Crippen LogP) is 5.32. The van der Waals surface area contributed by atoms with E-state index in [1.807, 2.05) is 0 Å². The zero-order chi connectivity index (χ0) is 13.2. The van der Waals surface area contributed by atoms with Crippen LogP contribution in [-0.4, -0.2) is 11.8 Å². The third-order valence-electron chi connectivity index (χ3n) is 2.82. The molecule has 0 spiro atoms. The molecule has 0 fully saturated rings. The second-order valence-corrected chi connectivity index (χ2v) is 6.21. The van der Waals surface area contributed by atoms with Gasteiger partial charge in [0.25, 0.3) is 0 Å². The molecule has 0 bridgehead atoms. The molecule has 0 amide bonds. The van der Waals surface area contributed by atoms with Gasteiger partial charge in [-0.25, -0.2) is 0 Å². The number of unbranched alkanes of at least 4 members (excludes halogenated alkanes) is 3. The smallest absolute Gasteiger partial charge is 0.0342 e. The Morgan fingerprint density at radius 1 is 1.06 bits per heavy atom. The molecule has 1 aromatic rings. The van der Waals surface area contributed by atoms with Crippen molar-refractivity contribution in [3.05, 3.63) is 29.8 Å². The summed E-state index contributed by atoms with van der Waals surface area (Å²) in [6.07, 6.45) is 5.47. The van der Waals surface area contributed by atoms with Crippen LogP contribution < -0.4 is 5.32 Å². The second kappa shape index (κ2) is 9.32. The molecule has 0 atom stereocenters. The number of nitrogens with one attached hydrogen (secondary N) is 1. The van der Waals surface area contributed by atoms with Gasteiger partial charge in [0.05, 0.1) is 0 Å². The van der Waals surface area contributed by atoms with Crippen molar-refractivity contribution in [2.24, 2.45) is 0 Å². The second-order valence-electron chi connectivity index (χ2n) is 5.11. The fraction of sp³-hybridized carbons (Fsp3) is 0.625. The summed E-state index contributed by atoms with van der Waals surface area (Å²) < 4.78 is 0.